The molecule has 8 heteroatoms. The van der Waals surface area contributed by atoms with Gasteiger partial charge >= 0.3 is 5.69 Å². The van der Waals surface area contributed by atoms with Crippen LogP contribution in [0.15, 0.2) is 6.20 Å². The van der Waals surface area contributed by atoms with Crippen molar-refractivity contribution in [2.24, 2.45) is 0 Å². The van der Waals surface area contributed by atoms with Gasteiger partial charge in [-0.15, -0.1) is 0 Å². The normalized spacial score (nSPS) is 22.9. The van der Waals surface area contributed by atoms with E-state index in [0.717, 1.165) is 6.20 Å². The first-order chi connectivity index (χ1) is 9.43. The lowest BCUT2D eigenvalue weighted by atomic mass is 10.2. The van der Waals surface area contributed by atoms with Gasteiger partial charge < -0.3 is 9.64 Å². The number of amides is 1. The Balaban J connectivity index is 2.32. The van der Waals surface area contributed by atoms with Gasteiger partial charge in [0.2, 0.25) is 5.69 Å². The quantitative estimate of drug-likeness (QED) is 0.610. The molecule has 2 rings (SSSR count). The van der Waals surface area contributed by atoms with Crippen LogP contribution in [0.5, 0.6) is 0 Å². The highest BCUT2D eigenvalue weighted by atomic mass is 16.6. The van der Waals surface area contributed by atoms with E-state index in [1.165, 1.54) is 4.68 Å². The van der Waals surface area contributed by atoms with Gasteiger partial charge in [-0.1, -0.05) is 0 Å². The lowest BCUT2D eigenvalue weighted by Gasteiger charge is -2.35. The number of nitro groups is 1. The van der Waals surface area contributed by atoms with E-state index in [-0.39, 0.29) is 29.5 Å². The molecule has 0 spiro atoms. The molecule has 1 fully saturated rings. The largest absolute Gasteiger partial charge is 0.372 e. The van der Waals surface area contributed by atoms with Crippen LogP contribution in [-0.2, 0) is 11.3 Å². The summed E-state index contributed by atoms with van der Waals surface area (Å²) in [4.78, 5) is 24.6. The summed E-state index contributed by atoms with van der Waals surface area (Å²) in [5, 5.41) is 14.9. The molecule has 110 valence electrons. The number of aryl methyl sites for hydroxylation is 1. The Morgan fingerprint density at radius 2 is 2.10 bits per heavy atom. The maximum atomic E-state index is 12.6. The van der Waals surface area contributed by atoms with Crippen molar-refractivity contribution >= 4 is 11.6 Å². The van der Waals surface area contributed by atoms with Crippen molar-refractivity contribution in [3.8, 4) is 0 Å². The van der Waals surface area contributed by atoms with E-state index in [2.05, 4.69) is 5.10 Å². The zero-order chi connectivity index (χ0) is 14.9. The Hall–Kier alpha value is -1.96. The van der Waals surface area contributed by atoms with Crippen LogP contribution < -0.4 is 0 Å². The van der Waals surface area contributed by atoms with Crippen molar-refractivity contribution in [3.63, 3.8) is 0 Å². The molecule has 1 amide bonds. The fraction of sp³-hybridized carbons (Fsp3) is 0.667. The van der Waals surface area contributed by atoms with Gasteiger partial charge in [-0.2, -0.15) is 5.10 Å². The molecular weight excluding hydrogens is 264 g/mol. The van der Waals surface area contributed by atoms with Gasteiger partial charge in [0, 0.05) is 19.6 Å². The maximum Gasteiger partial charge on any atom is 0.320 e. The number of carbonyl (C=O) groups excluding carboxylic acids is 1. The molecule has 0 N–H and O–H groups in total. The highest BCUT2D eigenvalue weighted by Crippen LogP contribution is 2.22. The van der Waals surface area contributed by atoms with Crippen molar-refractivity contribution in [2.75, 3.05) is 13.1 Å². The Labute approximate surface area is 116 Å². The SMILES string of the molecule is CCn1ncc([N+](=O)[O-])c1C(=O)N1C[C@@H](C)O[C@H](C)C1. The van der Waals surface area contributed by atoms with Crippen LogP contribution in [0.3, 0.4) is 0 Å². The van der Waals surface area contributed by atoms with Crippen molar-refractivity contribution in [1.82, 2.24) is 14.7 Å². The summed E-state index contributed by atoms with van der Waals surface area (Å²) in [6.07, 6.45) is 0.962. The predicted octanol–water partition coefficient (Wildman–Crippen LogP) is 1.06. The molecule has 0 unspecified atom stereocenters. The van der Waals surface area contributed by atoms with E-state index >= 15 is 0 Å². The summed E-state index contributed by atoms with van der Waals surface area (Å²) >= 11 is 0. The summed E-state index contributed by atoms with van der Waals surface area (Å²) in [7, 11) is 0. The first kappa shape index (κ1) is 14.4. The van der Waals surface area contributed by atoms with Gasteiger partial charge in [0.25, 0.3) is 5.91 Å². The summed E-state index contributed by atoms with van der Waals surface area (Å²) < 4.78 is 6.93. The van der Waals surface area contributed by atoms with Crippen LogP contribution in [0.2, 0.25) is 0 Å². The number of hydrogen-bond acceptors (Lipinski definition) is 5. The molecule has 0 bridgehead atoms. The molecule has 1 saturated heterocycles. The standard InChI is InChI=1S/C12H18N4O4/c1-4-15-11(10(5-13-15)16(18)19)12(17)14-6-8(2)20-9(3)7-14/h5,8-9H,4,6-7H2,1-3H3/t8-,9-/m1/s1. The fourth-order valence-corrected chi connectivity index (χ4v) is 2.46. The number of ether oxygens (including phenoxy) is 1. The number of morpholine rings is 1. The Morgan fingerprint density at radius 3 is 2.60 bits per heavy atom. The van der Waals surface area contributed by atoms with Crippen LogP contribution in [0.25, 0.3) is 0 Å². The molecule has 1 aliphatic rings. The lowest BCUT2D eigenvalue weighted by Crippen LogP contribution is -2.48. The molecule has 2 heterocycles. The molecule has 1 aromatic rings. The predicted molar refractivity (Wildman–Crippen MR) is 70.5 cm³/mol. The van der Waals surface area contributed by atoms with Crippen LogP contribution in [0.4, 0.5) is 5.69 Å². The fourth-order valence-electron chi connectivity index (χ4n) is 2.46. The second-order valence-electron chi connectivity index (χ2n) is 4.92. The Kier molecular flexibility index (Phi) is 4.03. The number of rotatable bonds is 3. The molecule has 1 aliphatic heterocycles. The Morgan fingerprint density at radius 1 is 1.50 bits per heavy atom. The maximum absolute atomic E-state index is 12.6. The minimum atomic E-state index is -0.570. The molecule has 2 atom stereocenters. The molecule has 0 radical (unpaired) electrons. The van der Waals surface area contributed by atoms with E-state index < -0.39 is 4.92 Å². The average Bonchev–Trinajstić information content (AvgIpc) is 2.80. The molecule has 0 aromatic carbocycles. The Bertz CT molecular complexity index is 518. The van der Waals surface area contributed by atoms with Crippen molar-refractivity contribution < 1.29 is 14.5 Å². The van der Waals surface area contributed by atoms with Crippen molar-refractivity contribution in [1.29, 1.82) is 0 Å². The first-order valence-electron chi connectivity index (χ1n) is 6.59. The van der Waals surface area contributed by atoms with Gasteiger partial charge in [-0.05, 0) is 20.8 Å². The second kappa shape index (κ2) is 5.58. The van der Waals surface area contributed by atoms with Gasteiger partial charge in [0.15, 0.2) is 0 Å². The van der Waals surface area contributed by atoms with E-state index in [9.17, 15) is 14.9 Å². The van der Waals surface area contributed by atoms with Crippen LogP contribution in [0.1, 0.15) is 31.3 Å². The van der Waals surface area contributed by atoms with Gasteiger partial charge in [0.1, 0.15) is 6.20 Å². The monoisotopic (exact) mass is 282 g/mol. The molecular formula is C12H18N4O4. The number of aromatic nitrogens is 2. The lowest BCUT2D eigenvalue weighted by molar-refractivity contribution is -0.385. The molecule has 0 aliphatic carbocycles. The van der Waals surface area contributed by atoms with E-state index in [1.807, 2.05) is 13.8 Å². The minimum Gasteiger partial charge on any atom is -0.372 e. The highest BCUT2D eigenvalue weighted by Gasteiger charge is 2.33. The molecule has 1 aromatic heterocycles. The second-order valence-corrected chi connectivity index (χ2v) is 4.92. The summed E-state index contributed by atoms with van der Waals surface area (Å²) in [6, 6.07) is 0. The summed E-state index contributed by atoms with van der Waals surface area (Å²) in [5.74, 6) is -0.363. The van der Waals surface area contributed by atoms with E-state index in [4.69, 9.17) is 4.74 Å². The topological polar surface area (TPSA) is 90.5 Å². The smallest absolute Gasteiger partial charge is 0.320 e. The third-order valence-corrected chi connectivity index (χ3v) is 3.23. The van der Waals surface area contributed by atoms with Crippen LogP contribution in [0, 0.1) is 10.1 Å². The minimum absolute atomic E-state index is 0.0406. The number of hydrogen-bond donors (Lipinski definition) is 0. The van der Waals surface area contributed by atoms with Crippen molar-refractivity contribution in [2.45, 2.75) is 39.5 Å². The van der Waals surface area contributed by atoms with Gasteiger partial charge in [0.05, 0.1) is 17.1 Å². The van der Waals surface area contributed by atoms with Crippen LogP contribution >= 0.6 is 0 Å². The number of nitrogens with zero attached hydrogens (tertiary/aromatic N) is 4. The third kappa shape index (κ3) is 2.64. The molecule has 0 saturated carbocycles. The molecule has 8 nitrogen and oxygen atoms in total. The van der Waals surface area contributed by atoms with E-state index in [0.29, 0.717) is 19.6 Å². The third-order valence-electron chi connectivity index (χ3n) is 3.23. The van der Waals surface area contributed by atoms with Crippen molar-refractivity contribution in [3.05, 3.63) is 22.0 Å². The van der Waals surface area contributed by atoms with Crippen LogP contribution in [-0.4, -0.2) is 50.8 Å². The average molecular weight is 282 g/mol. The van der Waals surface area contributed by atoms with E-state index in [1.54, 1.807) is 11.8 Å². The zero-order valence-electron chi connectivity index (χ0n) is 11.8. The molecule has 20 heavy (non-hydrogen) atoms. The first-order valence-corrected chi connectivity index (χ1v) is 6.59. The van der Waals surface area contributed by atoms with Gasteiger partial charge in [-0.3, -0.25) is 19.6 Å². The summed E-state index contributed by atoms with van der Waals surface area (Å²) in [6.45, 7) is 6.80. The number of carbonyl (C=O) groups is 1. The zero-order valence-corrected chi connectivity index (χ0v) is 11.8. The van der Waals surface area contributed by atoms with Gasteiger partial charge in [-0.25, -0.2) is 0 Å². The highest BCUT2D eigenvalue weighted by molar-refractivity contribution is 5.96. The summed E-state index contributed by atoms with van der Waals surface area (Å²) in [5.41, 5.74) is -0.206.